The lowest BCUT2D eigenvalue weighted by Gasteiger charge is -2.10. The van der Waals surface area contributed by atoms with Crippen LogP contribution in [0.3, 0.4) is 0 Å². The zero-order valence-corrected chi connectivity index (χ0v) is 16.4. The maximum absolute atomic E-state index is 14.4. The minimum Gasteiger partial charge on any atom is -0.384 e. The summed E-state index contributed by atoms with van der Waals surface area (Å²) in [5, 5.41) is 1.85. The van der Waals surface area contributed by atoms with Crippen molar-refractivity contribution >= 4 is 39.4 Å². The van der Waals surface area contributed by atoms with Gasteiger partial charge in [0.05, 0.1) is 16.9 Å². The zero-order chi connectivity index (χ0) is 20.0. The summed E-state index contributed by atoms with van der Waals surface area (Å²) in [6.45, 7) is 0. The smallest absolute Gasteiger partial charge is 0.145 e. The highest BCUT2D eigenvalue weighted by molar-refractivity contribution is 6.33. The van der Waals surface area contributed by atoms with Crippen molar-refractivity contribution in [1.29, 1.82) is 0 Å². The molecule has 0 bridgehead atoms. The van der Waals surface area contributed by atoms with Gasteiger partial charge in [-0.05, 0) is 61.6 Å². The van der Waals surface area contributed by atoms with E-state index in [-0.39, 0.29) is 11.9 Å². The molecule has 0 spiro atoms. The Morgan fingerprint density at radius 2 is 2.03 bits per heavy atom. The highest BCUT2D eigenvalue weighted by Crippen LogP contribution is 2.34. The van der Waals surface area contributed by atoms with Crippen LogP contribution in [0.4, 0.5) is 10.2 Å². The maximum Gasteiger partial charge on any atom is 0.145 e. The molecule has 0 fully saturated rings. The Kier molecular flexibility index (Phi) is 4.43. The number of hydrogen-bond donors (Lipinski definition) is 1. The minimum absolute atomic E-state index is 0.251. The normalized spacial score (nSPS) is 16.6. The number of aromatic nitrogens is 4. The van der Waals surface area contributed by atoms with E-state index in [9.17, 15) is 4.39 Å². The average molecular weight is 408 g/mol. The Hall–Kier alpha value is -2.99. The van der Waals surface area contributed by atoms with Gasteiger partial charge in [0.25, 0.3) is 0 Å². The second-order valence-corrected chi connectivity index (χ2v) is 7.79. The van der Waals surface area contributed by atoms with E-state index < -0.39 is 0 Å². The van der Waals surface area contributed by atoms with Crippen LogP contribution in [0.15, 0.2) is 54.5 Å². The van der Waals surface area contributed by atoms with E-state index in [0.29, 0.717) is 21.9 Å². The van der Waals surface area contributed by atoms with Crippen LogP contribution in [0.5, 0.6) is 0 Å². The summed E-state index contributed by atoms with van der Waals surface area (Å²) in [6.07, 6.45) is 9.50. The number of pyridine rings is 1. The third kappa shape index (κ3) is 3.34. The van der Waals surface area contributed by atoms with Crippen molar-refractivity contribution in [3.05, 3.63) is 71.0 Å². The number of nitrogen functional groups attached to an aromatic ring is 1. The highest BCUT2D eigenvalue weighted by Gasteiger charge is 2.20. The van der Waals surface area contributed by atoms with E-state index in [0.717, 1.165) is 42.3 Å². The molecule has 0 amide bonds. The Morgan fingerprint density at radius 1 is 1.14 bits per heavy atom. The molecule has 4 aromatic rings. The van der Waals surface area contributed by atoms with E-state index in [2.05, 4.69) is 25.6 Å². The molecule has 1 aliphatic rings. The molecule has 1 aromatic carbocycles. The summed E-state index contributed by atoms with van der Waals surface area (Å²) < 4.78 is 16.5. The number of benzene rings is 1. The monoisotopic (exact) mass is 407 g/mol. The molecule has 5 nitrogen and oxygen atoms in total. The summed E-state index contributed by atoms with van der Waals surface area (Å²) in [4.78, 5) is 12.7. The molecule has 1 aliphatic carbocycles. The van der Waals surface area contributed by atoms with Crippen molar-refractivity contribution in [1.82, 2.24) is 19.5 Å². The minimum atomic E-state index is -0.251. The predicted molar refractivity (Wildman–Crippen MR) is 113 cm³/mol. The Labute approximate surface area is 172 Å². The van der Waals surface area contributed by atoms with Crippen molar-refractivity contribution in [3.63, 3.8) is 0 Å². The van der Waals surface area contributed by atoms with E-state index >= 15 is 0 Å². The lowest BCUT2D eigenvalue weighted by Crippen LogP contribution is -2.02. The van der Waals surface area contributed by atoms with Gasteiger partial charge in [-0.2, -0.15) is 0 Å². The number of nitrogens with zero attached hydrogens (tertiary/aromatic N) is 4. The van der Waals surface area contributed by atoms with Gasteiger partial charge in [0.15, 0.2) is 0 Å². The van der Waals surface area contributed by atoms with Crippen LogP contribution in [0, 0.1) is 5.82 Å². The van der Waals surface area contributed by atoms with Crippen LogP contribution in [0.1, 0.15) is 30.9 Å². The van der Waals surface area contributed by atoms with E-state index in [4.69, 9.17) is 17.3 Å². The van der Waals surface area contributed by atoms with E-state index in [1.807, 2.05) is 18.3 Å². The molecule has 0 saturated carbocycles. The molecule has 3 aromatic heterocycles. The molecule has 0 saturated heterocycles. The molecule has 2 N–H and O–H groups in total. The molecule has 3 heterocycles. The topological polar surface area (TPSA) is 69.6 Å². The Balaban J connectivity index is 1.35. The predicted octanol–water partition coefficient (Wildman–Crippen LogP) is 5.25. The summed E-state index contributed by atoms with van der Waals surface area (Å²) >= 11 is 6.16. The fraction of sp³-hybridized carbons (Fsp3) is 0.227. The number of halogens is 2. The Bertz CT molecular complexity index is 1260. The molecule has 1 unspecified atom stereocenters. The van der Waals surface area contributed by atoms with Gasteiger partial charge < -0.3 is 10.3 Å². The summed E-state index contributed by atoms with van der Waals surface area (Å²) in [5.41, 5.74) is 9.51. The highest BCUT2D eigenvalue weighted by atomic mass is 35.5. The van der Waals surface area contributed by atoms with Gasteiger partial charge >= 0.3 is 0 Å². The van der Waals surface area contributed by atoms with Crippen molar-refractivity contribution in [2.75, 3.05) is 5.73 Å². The molecule has 0 radical (unpaired) electrons. The molecular formula is C22H19ClFN5. The number of fused-ring (bicyclic) bond motifs is 2. The molecule has 7 heteroatoms. The number of hydrogen-bond acceptors (Lipinski definition) is 4. The van der Waals surface area contributed by atoms with Gasteiger partial charge in [0.2, 0.25) is 0 Å². The standard InChI is InChI=1S/C22H19ClFN5/c23-21-17-7-8-29(22(17)27-12-26-21)15-4-3-13(9-15)1-2-14-10-18(24)16-5-6-20(25)28-19(16)11-14/h5-12,15H,1-4H2,(H2,25,28). The van der Waals surface area contributed by atoms with Crippen LogP contribution in [-0.2, 0) is 6.42 Å². The first kappa shape index (κ1) is 18.1. The first-order valence-corrected chi connectivity index (χ1v) is 9.97. The molecule has 0 aliphatic heterocycles. The lowest BCUT2D eigenvalue weighted by molar-refractivity contribution is 0.603. The third-order valence-corrected chi connectivity index (χ3v) is 5.88. The lowest BCUT2D eigenvalue weighted by atomic mass is 10.0. The fourth-order valence-corrected chi connectivity index (χ4v) is 4.31. The SMILES string of the molecule is Nc1ccc2c(F)cc(CCC3=CC(n4ccc5c(Cl)ncnc54)CC3)cc2n1. The van der Waals surface area contributed by atoms with Gasteiger partial charge in [-0.25, -0.2) is 19.3 Å². The summed E-state index contributed by atoms with van der Waals surface area (Å²) in [6, 6.07) is 9.05. The molecule has 29 heavy (non-hydrogen) atoms. The molecule has 5 rings (SSSR count). The van der Waals surface area contributed by atoms with Gasteiger partial charge in [-0.15, -0.1) is 0 Å². The third-order valence-electron chi connectivity index (χ3n) is 5.58. The van der Waals surface area contributed by atoms with Crippen LogP contribution >= 0.6 is 11.6 Å². The van der Waals surface area contributed by atoms with Gasteiger partial charge in [-0.1, -0.05) is 23.3 Å². The largest absolute Gasteiger partial charge is 0.384 e. The van der Waals surface area contributed by atoms with Gasteiger partial charge in [0, 0.05) is 11.6 Å². The van der Waals surface area contributed by atoms with E-state index in [1.165, 1.54) is 11.9 Å². The fourth-order valence-electron chi connectivity index (χ4n) is 4.12. The molecule has 146 valence electrons. The van der Waals surface area contributed by atoms with Crippen molar-refractivity contribution in [2.24, 2.45) is 0 Å². The number of anilines is 1. The molecular weight excluding hydrogens is 389 g/mol. The van der Waals surface area contributed by atoms with Gasteiger partial charge in [0.1, 0.15) is 28.8 Å². The first-order chi connectivity index (χ1) is 14.1. The second kappa shape index (κ2) is 7.12. The van der Waals surface area contributed by atoms with Crippen LogP contribution in [0.2, 0.25) is 5.15 Å². The van der Waals surface area contributed by atoms with Crippen LogP contribution < -0.4 is 5.73 Å². The van der Waals surface area contributed by atoms with Crippen LogP contribution in [-0.4, -0.2) is 19.5 Å². The quantitative estimate of drug-likeness (QED) is 0.370. The second-order valence-electron chi connectivity index (χ2n) is 7.44. The maximum atomic E-state index is 14.4. The Morgan fingerprint density at radius 3 is 2.93 bits per heavy atom. The first-order valence-electron chi connectivity index (χ1n) is 9.60. The number of allylic oxidation sites excluding steroid dienone is 2. The van der Waals surface area contributed by atoms with Gasteiger partial charge in [-0.3, -0.25) is 0 Å². The van der Waals surface area contributed by atoms with E-state index in [1.54, 1.807) is 18.2 Å². The zero-order valence-electron chi connectivity index (χ0n) is 15.6. The number of aryl methyl sites for hydroxylation is 1. The van der Waals surface area contributed by atoms with Crippen molar-refractivity contribution in [2.45, 2.75) is 31.7 Å². The van der Waals surface area contributed by atoms with Crippen molar-refractivity contribution < 1.29 is 4.39 Å². The van der Waals surface area contributed by atoms with Crippen LogP contribution in [0.25, 0.3) is 21.9 Å². The molecule has 1 atom stereocenters. The van der Waals surface area contributed by atoms with Crippen molar-refractivity contribution in [3.8, 4) is 0 Å². The number of nitrogens with two attached hydrogens (primary N) is 1. The average Bonchev–Trinajstić information content (AvgIpc) is 3.33. The summed E-state index contributed by atoms with van der Waals surface area (Å²) in [5.74, 6) is 0.150. The summed E-state index contributed by atoms with van der Waals surface area (Å²) in [7, 11) is 0. The number of rotatable bonds is 4.